The van der Waals surface area contributed by atoms with Gasteiger partial charge in [0.2, 0.25) is 0 Å². The predicted molar refractivity (Wildman–Crippen MR) is 64.0 cm³/mol. The number of aryl methyl sites for hydroxylation is 1. The number of hydrogen-bond acceptors (Lipinski definition) is 4. The van der Waals surface area contributed by atoms with Crippen molar-refractivity contribution in [2.45, 2.75) is 19.5 Å². The van der Waals surface area contributed by atoms with Gasteiger partial charge in [-0.25, -0.2) is 4.98 Å². The molecule has 17 heavy (non-hydrogen) atoms. The first kappa shape index (κ1) is 11.4. The fraction of sp³-hybridized carbons (Fsp3) is 0.400. The van der Waals surface area contributed by atoms with Gasteiger partial charge in [-0.1, -0.05) is 5.11 Å². The molecule has 0 saturated heterocycles. The fourth-order valence-electron chi connectivity index (χ4n) is 1.73. The highest BCUT2D eigenvalue weighted by Crippen LogP contribution is 2.16. The van der Waals surface area contributed by atoms with E-state index in [4.69, 9.17) is 11.3 Å². The van der Waals surface area contributed by atoms with Gasteiger partial charge in [-0.2, -0.15) is 0 Å². The van der Waals surface area contributed by atoms with Crippen LogP contribution >= 0.6 is 0 Å². The second-order valence-corrected chi connectivity index (χ2v) is 3.58. The highest BCUT2D eigenvalue weighted by Gasteiger charge is 2.09. The van der Waals surface area contributed by atoms with Crippen molar-refractivity contribution >= 4 is 11.0 Å². The first-order chi connectivity index (χ1) is 8.36. The summed E-state index contributed by atoms with van der Waals surface area (Å²) in [6.45, 7) is 1.62. The van der Waals surface area contributed by atoms with Crippen molar-refractivity contribution in [2.75, 3.05) is 6.54 Å². The molecule has 0 spiro atoms. The second kappa shape index (κ2) is 5.29. The van der Waals surface area contributed by atoms with Crippen LogP contribution in [0.5, 0.6) is 0 Å². The number of fused-ring (bicyclic) bond motifs is 1. The van der Waals surface area contributed by atoms with Crippen molar-refractivity contribution < 1.29 is 0 Å². The number of imidazole rings is 1. The quantitative estimate of drug-likeness (QED) is 0.479. The molecule has 0 aromatic carbocycles. The molecular formula is C10H13N7. The van der Waals surface area contributed by atoms with Crippen LogP contribution in [0.3, 0.4) is 0 Å². The van der Waals surface area contributed by atoms with Crippen LogP contribution < -0.4 is 5.73 Å². The molecule has 2 N–H and O–H groups in total. The normalized spacial score (nSPS) is 10.4. The van der Waals surface area contributed by atoms with E-state index in [0.717, 1.165) is 29.8 Å². The number of hydrogen-bond donors (Lipinski definition) is 1. The Morgan fingerprint density at radius 1 is 1.53 bits per heavy atom. The summed E-state index contributed by atoms with van der Waals surface area (Å²) < 4.78 is 2.00. The van der Waals surface area contributed by atoms with Crippen molar-refractivity contribution in [1.82, 2.24) is 14.5 Å². The van der Waals surface area contributed by atoms with Crippen LogP contribution in [0.1, 0.15) is 12.2 Å². The lowest BCUT2D eigenvalue weighted by molar-refractivity contribution is 0.632. The maximum Gasteiger partial charge on any atom is 0.115 e. The van der Waals surface area contributed by atoms with E-state index in [1.165, 1.54) is 0 Å². The van der Waals surface area contributed by atoms with Gasteiger partial charge in [0.05, 0.1) is 23.8 Å². The lowest BCUT2D eigenvalue weighted by atomic mass is 10.4. The lowest BCUT2D eigenvalue weighted by Gasteiger charge is -2.05. The Hall–Kier alpha value is -2.11. The van der Waals surface area contributed by atoms with Gasteiger partial charge in [-0.3, -0.25) is 4.98 Å². The standard InChI is InChI=1S/C10H13N7/c11-3-1-5-17-9-6-13-4-2-8(9)15-10(17)7-14-16-12/h2,4,6H,1,3,5,7,11H2. The minimum atomic E-state index is 0.246. The smallest absolute Gasteiger partial charge is 0.115 e. The van der Waals surface area contributed by atoms with Crippen LogP contribution in [-0.2, 0) is 13.1 Å². The van der Waals surface area contributed by atoms with Gasteiger partial charge in [0.1, 0.15) is 5.82 Å². The average molecular weight is 231 g/mol. The van der Waals surface area contributed by atoms with E-state index in [2.05, 4.69) is 20.0 Å². The van der Waals surface area contributed by atoms with Gasteiger partial charge >= 0.3 is 0 Å². The summed E-state index contributed by atoms with van der Waals surface area (Å²) in [5.41, 5.74) is 15.7. The van der Waals surface area contributed by atoms with Gasteiger partial charge in [0.25, 0.3) is 0 Å². The number of pyridine rings is 1. The monoisotopic (exact) mass is 231 g/mol. The number of aromatic nitrogens is 3. The van der Waals surface area contributed by atoms with Gasteiger partial charge in [0, 0.05) is 17.7 Å². The third-order valence-corrected chi connectivity index (χ3v) is 2.49. The third-order valence-electron chi connectivity index (χ3n) is 2.49. The molecule has 7 heteroatoms. The van der Waals surface area contributed by atoms with Crippen LogP contribution in [0.25, 0.3) is 21.5 Å². The summed E-state index contributed by atoms with van der Waals surface area (Å²) in [5, 5.41) is 3.55. The molecule has 0 aliphatic heterocycles. The van der Waals surface area contributed by atoms with E-state index < -0.39 is 0 Å². The first-order valence-corrected chi connectivity index (χ1v) is 5.37. The Morgan fingerprint density at radius 3 is 3.18 bits per heavy atom. The number of nitrogens with zero attached hydrogens (tertiary/aromatic N) is 6. The molecule has 0 aliphatic rings. The van der Waals surface area contributed by atoms with Gasteiger partial charge in [-0.15, -0.1) is 0 Å². The molecule has 0 atom stereocenters. The van der Waals surface area contributed by atoms with Crippen molar-refractivity contribution in [3.05, 3.63) is 34.7 Å². The average Bonchev–Trinajstić information content (AvgIpc) is 2.71. The predicted octanol–water partition coefficient (Wildman–Crippen LogP) is 1.59. The van der Waals surface area contributed by atoms with E-state index in [-0.39, 0.29) is 6.54 Å². The molecule has 2 aromatic rings. The highest BCUT2D eigenvalue weighted by molar-refractivity contribution is 5.74. The molecule has 0 fully saturated rings. The lowest BCUT2D eigenvalue weighted by Crippen LogP contribution is -2.08. The molecule has 7 nitrogen and oxygen atoms in total. The molecule has 2 aromatic heterocycles. The zero-order valence-electron chi connectivity index (χ0n) is 9.32. The van der Waals surface area contributed by atoms with Gasteiger partial charge in [0.15, 0.2) is 0 Å². The number of azide groups is 1. The Balaban J connectivity index is 2.44. The molecule has 0 bridgehead atoms. The Bertz CT molecular complexity index is 553. The molecule has 0 amide bonds. The largest absolute Gasteiger partial charge is 0.330 e. The Labute approximate surface area is 97.9 Å². The van der Waals surface area contributed by atoms with Crippen molar-refractivity contribution in [3.8, 4) is 0 Å². The molecule has 0 radical (unpaired) electrons. The van der Waals surface area contributed by atoms with E-state index in [0.29, 0.717) is 6.54 Å². The Morgan fingerprint density at radius 2 is 2.41 bits per heavy atom. The van der Waals surface area contributed by atoms with Gasteiger partial charge < -0.3 is 10.3 Å². The van der Waals surface area contributed by atoms with Crippen LogP contribution in [0, 0.1) is 0 Å². The summed E-state index contributed by atoms with van der Waals surface area (Å²) in [4.78, 5) is 11.3. The third kappa shape index (κ3) is 2.35. The summed E-state index contributed by atoms with van der Waals surface area (Å²) in [5.74, 6) is 0.749. The summed E-state index contributed by atoms with van der Waals surface area (Å²) >= 11 is 0. The molecular weight excluding hydrogens is 218 g/mol. The first-order valence-electron chi connectivity index (χ1n) is 5.37. The van der Waals surface area contributed by atoms with Crippen molar-refractivity contribution in [1.29, 1.82) is 0 Å². The zero-order chi connectivity index (χ0) is 12.1. The van der Waals surface area contributed by atoms with Crippen molar-refractivity contribution in [2.24, 2.45) is 10.8 Å². The van der Waals surface area contributed by atoms with Crippen LogP contribution in [0.15, 0.2) is 23.6 Å². The van der Waals surface area contributed by atoms with Crippen LogP contribution in [-0.4, -0.2) is 21.1 Å². The molecule has 2 heterocycles. The van der Waals surface area contributed by atoms with E-state index in [9.17, 15) is 0 Å². The molecule has 0 saturated carbocycles. The summed E-state index contributed by atoms with van der Waals surface area (Å²) in [6.07, 6.45) is 4.31. The minimum absolute atomic E-state index is 0.246. The maximum absolute atomic E-state index is 8.36. The van der Waals surface area contributed by atoms with E-state index >= 15 is 0 Å². The second-order valence-electron chi connectivity index (χ2n) is 3.58. The van der Waals surface area contributed by atoms with Crippen LogP contribution in [0.4, 0.5) is 0 Å². The van der Waals surface area contributed by atoms with Crippen LogP contribution in [0.2, 0.25) is 0 Å². The molecule has 0 unspecified atom stereocenters. The van der Waals surface area contributed by atoms with E-state index in [1.807, 2.05) is 10.6 Å². The summed E-state index contributed by atoms with van der Waals surface area (Å²) in [6, 6.07) is 1.84. The molecule has 88 valence electrons. The maximum atomic E-state index is 8.36. The van der Waals surface area contributed by atoms with Gasteiger partial charge in [-0.05, 0) is 24.6 Å². The minimum Gasteiger partial charge on any atom is -0.330 e. The molecule has 0 aliphatic carbocycles. The topological polar surface area (TPSA) is 105 Å². The SMILES string of the molecule is [N-]=[N+]=NCc1nc2ccncc2n1CCCN. The zero-order valence-corrected chi connectivity index (χ0v) is 9.32. The Kier molecular flexibility index (Phi) is 3.54. The van der Waals surface area contributed by atoms with E-state index in [1.54, 1.807) is 12.4 Å². The highest BCUT2D eigenvalue weighted by atomic mass is 15.2. The molecule has 2 rings (SSSR count). The summed E-state index contributed by atoms with van der Waals surface area (Å²) in [7, 11) is 0. The van der Waals surface area contributed by atoms with Crippen molar-refractivity contribution in [3.63, 3.8) is 0 Å². The number of nitrogens with two attached hydrogens (primary N) is 1. The number of rotatable bonds is 5. The fourth-order valence-corrected chi connectivity index (χ4v) is 1.73.